The number of rotatable bonds is 1. The number of hydrogen-bond acceptors (Lipinski definition) is 2. The number of H-pyrrole nitrogens is 1. The van der Waals surface area contributed by atoms with Crippen LogP contribution < -0.4 is 0 Å². The average molecular weight is 584 g/mol. The number of pyridine rings is 2. The van der Waals surface area contributed by atoms with E-state index in [0.717, 1.165) is 44.9 Å². The summed E-state index contributed by atoms with van der Waals surface area (Å²) in [5.41, 5.74) is 15.3. The van der Waals surface area contributed by atoms with Crippen molar-refractivity contribution in [1.82, 2.24) is 15.0 Å². The van der Waals surface area contributed by atoms with Crippen LogP contribution in [0.4, 0.5) is 0 Å². The molecule has 4 aromatic carbocycles. The molecule has 0 amide bonds. The highest BCUT2D eigenvalue weighted by Crippen LogP contribution is 2.44. The van der Waals surface area contributed by atoms with Gasteiger partial charge in [0.25, 0.3) is 0 Å². The zero-order valence-corrected chi connectivity index (χ0v) is 26.8. The molecule has 3 aromatic heterocycles. The molecule has 45 heavy (non-hydrogen) atoms. The van der Waals surface area contributed by atoms with Crippen LogP contribution in [0.1, 0.15) is 52.7 Å². The summed E-state index contributed by atoms with van der Waals surface area (Å²) in [5.74, 6) is 0. The van der Waals surface area contributed by atoms with E-state index in [9.17, 15) is 0 Å². The van der Waals surface area contributed by atoms with Crippen molar-refractivity contribution in [2.24, 2.45) is 0 Å². The SMILES string of the molecule is CC(C)(C)c1cc2c3[nH]c4c(cc(C(C)(C)C)cc4c3c1)-c1cccc(n1)-c1cccc(n1)-c1cc(-c3ccccc3)cc-2c1. The lowest BCUT2D eigenvalue weighted by molar-refractivity contribution is 0.590. The fourth-order valence-corrected chi connectivity index (χ4v) is 6.59. The van der Waals surface area contributed by atoms with Crippen LogP contribution in [0.15, 0.2) is 109 Å². The molecule has 0 saturated carbocycles. The Morgan fingerprint density at radius 3 is 1.58 bits per heavy atom. The molecular formula is C42H37N3. The molecule has 0 spiro atoms. The van der Waals surface area contributed by atoms with Gasteiger partial charge in [-0.25, -0.2) is 9.97 Å². The van der Waals surface area contributed by atoms with Crippen LogP contribution in [0.5, 0.6) is 0 Å². The normalized spacial score (nSPS) is 12.7. The first-order chi connectivity index (χ1) is 21.5. The van der Waals surface area contributed by atoms with Crippen LogP contribution in [-0.4, -0.2) is 15.0 Å². The number of aromatic amines is 1. The number of benzene rings is 4. The molecule has 0 atom stereocenters. The van der Waals surface area contributed by atoms with Gasteiger partial charge in [-0.15, -0.1) is 0 Å². The molecule has 220 valence electrons. The van der Waals surface area contributed by atoms with Crippen molar-refractivity contribution in [3.8, 4) is 56.2 Å². The lowest BCUT2D eigenvalue weighted by Crippen LogP contribution is -2.11. The lowest BCUT2D eigenvalue weighted by Gasteiger charge is -2.22. The molecule has 0 saturated heterocycles. The van der Waals surface area contributed by atoms with Crippen LogP contribution in [0.3, 0.4) is 0 Å². The first-order valence-electron chi connectivity index (χ1n) is 15.8. The summed E-state index contributed by atoms with van der Waals surface area (Å²) in [5, 5.41) is 2.48. The third-order valence-electron chi connectivity index (χ3n) is 9.23. The predicted molar refractivity (Wildman–Crippen MR) is 190 cm³/mol. The zero-order valence-electron chi connectivity index (χ0n) is 26.8. The Kier molecular flexibility index (Phi) is 5.96. The minimum Gasteiger partial charge on any atom is -0.353 e. The first-order valence-corrected chi connectivity index (χ1v) is 15.8. The van der Waals surface area contributed by atoms with E-state index in [1.807, 2.05) is 0 Å². The number of nitrogens with one attached hydrogen (secondary N) is 1. The highest BCUT2D eigenvalue weighted by atomic mass is 14.8. The van der Waals surface area contributed by atoms with Crippen molar-refractivity contribution in [3.05, 3.63) is 120 Å². The van der Waals surface area contributed by atoms with Crippen LogP contribution in [0.25, 0.3) is 78.0 Å². The van der Waals surface area contributed by atoms with Crippen molar-refractivity contribution < 1.29 is 0 Å². The Bertz CT molecular complexity index is 2270. The first kappa shape index (κ1) is 27.5. The van der Waals surface area contributed by atoms with Gasteiger partial charge in [0.1, 0.15) is 0 Å². The molecule has 0 fully saturated rings. The maximum Gasteiger partial charge on any atom is 0.0893 e. The van der Waals surface area contributed by atoms with Crippen LogP contribution in [0.2, 0.25) is 0 Å². The Morgan fingerprint density at radius 1 is 0.422 bits per heavy atom. The second-order valence-electron chi connectivity index (χ2n) is 14.5. The van der Waals surface area contributed by atoms with Gasteiger partial charge in [0.15, 0.2) is 0 Å². The highest BCUT2D eigenvalue weighted by molar-refractivity contribution is 6.16. The second-order valence-corrected chi connectivity index (χ2v) is 14.5. The van der Waals surface area contributed by atoms with Crippen LogP contribution >= 0.6 is 0 Å². The summed E-state index contributed by atoms with van der Waals surface area (Å²) in [6, 6.07) is 39.7. The molecule has 1 N–H and O–H groups in total. The van der Waals surface area contributed by atoms with Crippen molar-refractivity contribution in [2.45, 2.75) is 52.4 Å². The van der Waals surface area contributed by atoms with Crippen LogP contribution in [0, 0.1) is 0 Å². The Morgan fingerprint density at radius 2 is 0.933 bits per heavy atom. The molecule has 1 aliphatic rings. The van der Waals surface area contributed by atoms with E-state index in [1.165, 1.54) is 44.2 Å². The molecular weight excluding hydrogens is 546 g/mol. The standard InChI is InChI=1S/C42H37N3/c1-41(2,3)29-21-31-27-18-26(25-12-8-7-9-13-25)19-28(20-27)35-14-10-16-37(43-35)38-17-11-15-36(44-38)34-24-30(42(4,5)6)23-33-32(22-29)39(31)45-40(33)34/h7-24,45H,1-6H3. The van der Waals surface area contributed by atoms with Crippen molar-refractivity contribution in [2.75, 3.05) is 0 Å². The Balaban J connectivity index is 1.59. The quantitative estimate of drug-likeness (QED) is 0.209. The van der Waals surface area contributed by atoms with Crippen molar-refractivity contribution in [1.29, 1.82) is 0 Å². The van der Waals surface area contributed by atoms with E-state index < -0.39 is 0 Å². The van der Waals surface area contributed by atoms with Gasteiger partial charge < -0.3 is 4.98 Å². The maximum atomic E-state index is 5.24. The summed E-state index contributed by atoms with van der Waals surface area (Å²) in [6.07, 6.45) is 0. The van der Waals surface area contributed by atoms with Gasteiger partial charge in [0.2, 0.25) is 0 Å². The molecule has 3 heteroatoms. The fraction of sp³-hybridized carbons (Fsp3) is 0.190. The summed E-state index contributed by atoms with van der Waals surface area (Å²) in [6.45, 7) is 13.8. The molecule has 0 radical (unpaired) electrons. The average Bonchev–Trinajstić information content (AvgIpc) is 3.42. The van der Waals surface area contributed by atoms with Crippen molar-refractivity contribution in [3.63, 3.8) is 0 Å². The van der Waals surface area contributed by atoms with E-state index in [-0.39, 0.29) is 10.8 Å². The third kappa shape index (κ3) is 4.66. The zero-order chi connectivity index (χ0) is 31.1. The highest BCUT2D eigenvalue weighted by Gasteiger charge is 2.24. The summed E-state index contributed by atoms with van der Waals surface area (Å²) >= 11 is 0. The van der Waals surface area contributed by atoms with Gasteiger partial charge in [0, 0.05) is 27.5 Å². The van der Waals surface area contributed by atoms with E-state index in [1.54, 1.807) is 0 Å². The minimum atomic E-state index is -0.0361. The van der Waals surface area contributed by atoms with E-state index in [2.05, 4.69) is 156 Å². The third-order valence-corrected chi connectivity index (χ3v) is 9.23. The number of nitrogens with zero attached hydrogens (tertiary/aromatic N) is 2. The lowest BCUT2D eigenvalue weighted by atomic mass is 9.82. The topological polar surface area (TPSA) is 41.6 Å². The largest absolute Gasteiger partial charge is 0.353 e. The maximum absolute atomic E-state index is 5.24. The molecule has 3 nitrogen and oxygen atoms in total. The minimum absolute atomic E-state index is 0.0354. The van der Waals surface area contributed by atoms with Crippen molar-refractivity contribution >= 4 is 21.8 Å². The van der Waals surface area contributed by atoms with E-state index >= 15 is 0 Å². The van der Waals surface area contributed by atoms with E-state index in [0.29, 0.717) is 0 Å². The molecule has 0 unspecified atom stereocenters. The molecule has 4 heterocycles. The summed E-state index contributed by atoms with van der Waals surface area (Å²) in [4.78, 5) is 14.4. The smallest absolute Gasteiger partial charge is 0.0893 e. The van der Waals surface area contributed by atoms with Gasteiger partial charge in [-0.05, 0) is 105 Å². The van der Waals surface area contributed by atoms with Crippen LogP contribution in [-0.2, 0) is 10.8 Å². The molecule has 8 rings (SSSR count). The molecule has 1 aliphatic heterocycles. The monoisotopic (exact) mass is 583 g/mol. The van der Waals surface area contributed by atoms with Gasteiger partial charge in [-0.1, -0.05) is 84.0 Å². The van der Waals surface area contributed by atoms with Gasteiger partial charge >= 0.3 is 0 Å². The second kappa shape index (κ2) is 9.74. The number of aromatic nitrogens is 3. The Hall–Kier alpha value is -5.02. The molecule has 7 aromatic rings. The number of fused-ring (bicyclic) bond motifs is 11. The van der Waals surface area contributed by atoms with Gasteiger partial charge in [-0.2, -0.15) is 0 Å². The molecule has 8 bridgehead atoms. The summed E-state index contributed by atoms with van der Waals surface area (Å²) in [7, 11) is 0. The van der Waals surface area contributed by atoms with Gasteiger partial charge in [-0.3, -0.25) is 0 Å². The van der Waals surface area contributed by atoms with E-state index in [4.69, 9.17) is 9.97 Å². The number of hydrogen-bond donors (Lipinski definition) is 1. The van der Waals surface area contributed by atoms with Gasteiger partial charge in [0.05, 0.1) is 33.8 Å². The predicted octanol–water partition coefficient (Wildman–Crippen LogP) is 11.4. The fourth-order valence-electron chi connectivity index (χ4n) is 6.59. The summed E-state index contributed by atoms with van der Waals surface area (Å²) < 4.78 is 0. The Labute approximate surface area is 265 Å². The molecule has 0 aliphatic carbocycles.